The predicted molar refractivity (Wildman–Crippen MR) is 205 cm³/mol. The van der Waals surface area contributed by atoms with Crippen LogP contribution in [0.3, 0.4) is 0 Å². The van der Waals surface area contributed by atoms with Crippen molar-refractivity contribution in [3.05, 3.63) is 137 Å². The van der Waals surface area contributed by atoms with Crippen molar-refractivity contribution in [2.75, 3.05) is 5.32 Å². The zero-order chi connectivity index (χ0) is 40.4. The Kier molecular flexibility index (Phi) is 10.8. The van der Waals surface area contributed by atoms with Crippen LogP contribution in [0.5, 0.6) is 5.75 Å². The summed E-state index contributed by atoms with van der Waals surface area (Å²) in [5, 5.41) is 31.5. The molecule has 17 nitrogen and oxygen atoms in total. The van der Waals surface area contributed by atoms with Crippen LogP contribution in [0.4, 0.5) is 39.8 Å². The Labute approximate surface area is 319 Å². The van der Waals surface area contributed by atoms with E-state index in [0.717, 1.165) is 23.8 Å². The number of rotatable bonds is 12. The van der Waals surface area contributed by atoms with Crippen LogP contribution in [0, 0.1) is 24.0 Å². The number of aryl methyl sites for hydroxylation is 2. The maximum absolute atomic E-state index is 13.0. The molecule has 0 spiro atoms. The molecule has 6 aromatic rings. The minimum absolute atomic E-state index is 0.0587. The van der Waals surface area contributed by atoms with E-state index in [9.17, 15) is 44.5 Å². The van der Waals surface area contributed by atoms with Crippen LogP contribution >= 0.6 is 0 Å². The largest absolute Gasteiger partial charge is 0.379 e. The first-order valence-corrected chi connectivity index (χ1v) is 20.3. The molecule has 6 rings (SSSR count). The Morgan fingerprint density at radius 3 is 1.86 bits per heavy atom. The van der Waals surface area contributed by atoms with E-state index in [0.29, 0.717) is 28.0 Å². The van der Waals surface area contributed by atoms with E-state index in [1.165, 1.54) is 66.7 Å². The van der Waals surface area contributed by atoms with Gasteiger partial charge in [-0.25, -0.2) is 0 Å². The maximum atomic E-state index is 13.0. The van der Waals surface area contributed by atoms with Crippen molar-refractivity contribution in [2.24, 2.45) is 20.5 Å². The quantitative estimate of drug-likeness (QED) is 0.0343. The van der Waals surface area contributed by atoms with E-state index < -0.39 is 50.8 Å². The molecule has 0 saturated carbocycles. The van der Waals surface area contributed by atoms with Crippen molar-refractivity contribution in [3.63, 3.8) is 0 Å². The molecule has 0 saturated heterocycles. The number of non-ortho nitro benzene ring substituents is 1. The summed E-state index contributed by atoms with van der Waals surface area (Å²) in [5.74, 6) is 0.164. The van der Waals surface area contributed by atoms with Gasteiger partial charge in [0.1, 0.15) is 15.5 Å². The molecule has 56 heavy (non-hydrogen) atoms. The molecule has 3 N–H and O–H groups in total. The first-order valence-electron chi connectivity index (χ1n) is 16.0. The van der Waals surface area contributed by atoms with Crippen molar-refractivity contribution < 1.29 is 43.5 Å². The molecule has 0 radical (unpaired) electrons. The van der Waals surface area contributed by atoms with Crippen molar-refractivity contribution in [1.29, 1.82) is 0 Å². The molecule has 0 unspecified atom stereocenters. The highest BCUT2D eigenvalue weighted by Crippen LogP contribution is 2.37. The summed E-state index contributed by atoms with van der Waals surface area (Å²) < 4.78 is 98.4. The number of azo groups is 2. The molecule has 0 aliphatic rings. The number of nitrogens with zero attached hydrogens (tertiary/aromatic N) is 5. The molecule has 0 aromatic heterocycles. The van der Waals surface area contributed by atoms with E-state index in [1.807, 2.05) is 6.92 Å². The van der Waals surface area contributed by atoms with E-state index in [-0.39, 0.29) is 33.1 Å². The van der Waals surface area contributed by atoms with E-state index in [4.69, 9.17) is 4.18 Å². The second-order valence-electron chi connectivity index (χ2n) is 12.1. The highest BCUT2D eigenvalue weighted by Gasteiger charge is 2.22. The molecule has 20 heteroatoms. The molecule has 286 valence electrons. The zero-order valence-corrected chi connectivity index (χ0v) is 31.4. The summed E-state index contributed by atoms with van der Waals surface area (Å²) >= 11 is 0. The Balaban J connectivity index is 1.26. The zero-order valence-electron chi connectivity index (χ0n) is 29.0. The van der Waals surface area contributed by atoms with Crippen LogP contribution in [0.25, 0.3) is 10.8 Å². The van der Waals surface area contributed by atoms with Gasteiger partial charge in [-0.05, 0) is 104 Å². The van der Waals surface area contributed by atoms with Gasteiger partial charge in [-0.1, -0.05) is 23.8 Å². The van der Waals surface area contributed by atoms with Crippen molar-refractivity contribution in [1.82, 2.24) is 0 Å². The van der Waals surface area contributed by atoms with Crippen molar-refractivity contribution in [3.8, 4) is 5.75 Å². The monoisotopic (exact) mass is 816 g/mol. The van der Waals surface area contributed by atoms with E-state index in [1.54, 1.807) is 37.3 Å². The SMILES string of the molecule is Cc1ccc(OS(=O)(=O)c2ccc(N=Nc3ccc(N=Nc4ccc(Nc5ccc([N+](=O)[O-])cc5S(=O)(=O)O)cc4)c4cc(S(=O)(=O)O)ccc34)cc2C)cc1. The molecule has 0 heterocycles. The normalized spacial score (nSPS) is 12.4. The summed E-state index contributed by atoms with van der Waals surface area (Å²) in [5.41, 5.74) is 2.06. The highest BCUT2D eigenvalue weighted by molar-refractivity contribution is 7.87. The number of nitro groups is 1. The minimum atomic E-state index is -4.82. The van der Waals surface area contributed by atoms with Gasteiger partial charge < -0.3 is 9.50 Å². The van der Waals surface area contributed by atoms with Crippen LogP contribution in [0.2, 0.25) is 0 Å². The molecule has 0 bridgehead atoms. The number of anilines is 2. The number of hydrogen-bond donors (Lipinski definition) is 3. The number of nitrogens with one attached hydrogen (secondary N) is 1. The van der Waals surface area contributed by atoms with Gasteiger partial charge in [-0.3, -0.25) is 19.2 Å². The molecule has 6 aromatic carbocycles. The standard InChI is InChI=1S/C36H28N6O11S3/c1-22-3-11-28(12-4-22)53-56(51,52)35-18-9-26(19-23(35)2)39-40-32-16-17-33(31-21-29(54(45,46)47)13-14-30(31)32)41-38-25-7-5-24(6-8-25)37-34-15-10-27(42(43)44)20-36(34)55(48,49)50/h3-21,37H,1-2H3,(H,45,46,47)(H,48,49,50). The van der Waals surface area contributed by atoms with E-state index in [2.05, 4.69) is 25.8 Å². The van der Waals surface area contributed by atoms with Gasteiger partial charge in [-0.15, -0.1) is 10.2 Å². The molecule has 0 amide bonds. The lowest BCUT2D eigenvalue weighted by Gasteiger charge is -2.10. The molecule has 0 aliphatic carbocycles. The molecule has 0 fully saturated rings. The average molecular weight is 817 g/mol. The van der Waals surface area contributed by atoms with Gasteiger partial charge in [0.15, 0.2) is 0 Å². The van der Waals surface area contributed by atoms with Gasteiger partial charge in [0.2, 0.25) is 0 Å². The van der Waals surface area contributed by atoms with Gasteiger partial charge in [0, 0.05) is 28.6 Å². The van der Waals surface area contributed by atoms with Gasteiger partial charge in [0.25, 0.3) is 25.9 Å². The third-order valence-corrected chi connectivity index (χ3v) is 11.2. The van der Waals surface area contributed by atoms with Gasteiger partial charge >= 0.3 is 10.1 Å². The first kappa shape index (κ1) is 39.2. The fraction of sp³-hybridized carbons (Fsp3) is 0.0556. The van der Waals surface area contributed by atoms with Crippen molar-refractivity contribution >= 4 is 80.9 Å². The van der Waals surface area contributed by atoms with Crippen LogP contribution in [-0.2, 0) is 30.4 Å². The lowest BCUT2D eigenvalue weighted by atomic mass is 10.1. The molecular formula is C36H28N6O11S3. The second kappa shape index (κ2) is 15.4. The Morgan fingerprint density at radius 2 is 1.25 bits per heavy atom. The summed E-state index contributed by atoms with van der Waals surface area (Å²) in [6.45, 7) is 3.45. The maximum Gasteiger partial charge on any atom is 0.339 e. The molecule has 0 aliphatic heterocycles. The fourth-order valence-electron chi connectivity index (χ4n) is 5.30. The Bertz CT molecular complexity index is 2920. The smallest absolute Gasteiger partial charge is 0.339 e. The van der Waals surface area contributed by atoms with Gasteiger partial charge in [-0.2, -0.15) is 35.5 Å². The lowest BCUT2D eigenvalue weighted by molar-refractivity contribution is -0.385. The highest BCUT2D eigenvalue weighted by atomic mass is 32.2. The summed E-state index contributed by atoms with van der Waals surface area (Å²) in [6, 6.07) is 26.7. The number of nitro benzene ring substituents is 1. The minimum Gasteiger partial charge on any atom is -0.379 e. The van der Waals surface area contributed by atoms with Gasteiger partial charge in [0.05, 0.1) is 38.3 Å². The van der Waals surface area contributed by atoms with Crippen LogP contribution in [-0.4, -0.2) is 39.3 Å². The van der Waals surface area contributed by atoms with Crippen molar-refractivity contribution in [2.45, 2.75) is 28.5 Å². The van der Waals surface area contributed by atoms with E-state index >= 15 is 0 Å². The molecular weight excluding hydrogens is 789 g/mol. The number of fused-ring (bicyclic) bond motifs is 1. The molecule has 0 atom stereocenters. The predicted octanol–water partition coefficient (Wildman–Crippen LogP) is 9.20. The van der Waals surface area contributed by atoms with Crippen LogP contribution < -0.4 is 9.50 Å². The fourth-order valence-corrected chi connectivity index (χ4v) is 7.62. The average Bonchev–Trinajstić information content (AvgIpc) is 3.13. The third-order valence-electron chi connectivity index (χ3n) is 8.04. The Morgan fingerprint density at radius 1 is 0.625 bits per heavy atom. The van der Waals surface area contributed by atoms with Crippen LogP contribution in [0.15, 0.2) is 150 Å². The third kappa shape index (κ3) is 9.08. The first-order chi connectivity index (χ1) is 26.4. The Hall–Kier alpha value is -6.45. The summed E-state index contributed by atoms with van der Waals surface area (Å²) in [6.07, 6.45) is 0. The second-order valence-corrected chi connectivity index (χ2v) is 16.4. The summed E-state index contributed by atoms with van der Waals surface area (Å²) in [4.78, 5) is 9.13. The van der Waals surface area contributed by atoms with Crippen LogP contribution in [0.1, 0.15) is 11.1 Å². The number of benzene rings is 6. The number of hydrogen-bond acceptors (Lipinski definition) is 14. The lowest BCUT2D eigenvalue weighted by Crippen LogP contribution is -2.11. The topological polar surface area (TPSA) is 257 Å². The summed E-state index contributed by atoms with van der Waals surface area (Å²) in [7, 11) is -13.6.